The highest BCUT2D eigenvalue weighted by Gasteiger charge is 2.35. The lowest BCUT2D eigenvalue weighted by Gasteiger charge is -2.16. The van der Waals surface area contributed by atoms with Crippen molar-refractivity contribution in [2.75, 3.05) is 31.5 Å². The van der Waals surface area contributed by atoms with Crippen LogP contribution >= 0.6 is 0 Å². The Hall–Kier alpha value is -1.55. The van der Waals surface area contributed by atoms with E-state index in [0.29, 0.717) is 5.56 Å². The van der Waals surface area contributed by atoms with Crippen LogP contribution in [-0.2, 0) is 0 Å². The second-order valence-electron chi connectivity index (χ2n) is 6.43. The lowest BCUT2D eigenvalue weighted by atomic mass is 10.0. The molecular weight excluding hydrogens is 262 g/mol. The molecule has 1 aromatic carbocycles. The van der Waals surface area contributed by atoms with Crippen LogP contribution in [0.5, 0.6) is 0 Å². The van der Waals surface area contributed by atoms with Crippen molar-refractivity contribution in [1.29, 1.82) is 0 Å². The van der Waals surface area contributed by atoms with E-state index < -0.39 is 0 Å². The zero-order chi connectivity index (χ0) is 14.7. The molecule has 2 fully saturated rings. The number of anilines is 1. The highest BCUT2D eigenvalue weighted by molar-refractivity contribution is 5.93. The normalized spacial score (nSPS) is 25.0. The van der Waals surface area contributed by atoms with Gasteiger partial charge in [0.1, 0.15) is 0 Å². The number of amides is 1. The monoisotopic (exact) mass is 287 g/mol. The van der Waals surface area contributed by atoms with Crippen molar-refractivity contribution in [2.45, 2.75) is 25.7 Å². The number of fused-ring (bicyclic) bond motifs is 1. The van der Waals surface area contributed by atoms with Gasteiger partial charge in [-0.3, -0.25) is 4.79 Å². The lowest BCUT2D eigenvalue weighted by Crippen LogP contribution is -2.24. The van der Waals surface area contributed by atoms with Crippen LogP contribution in [0, 0.1) is 11.8 Å². The first-order chi connectivity index (χ1) is 10.2. The fourth-order valence-electron chi connectivity index (χ4n) is 3.80. The topological polar surface area (TPSA) is 58.4 Å². The molecule has 2 unspecified atom stereocenters. The molecule has 0 radical (unpaired) electrons. The Morgan fingerprint density at radius 2 is 1.86 bits per heavy atom. The molecular formula is C17H25N3O. The minimum Gasteiger partial charge on any atom is -0.385 e. The Morgan fingerprint density at radius 1 is 1.19 bits per heavy atom. The predicted molar refractivity (Wildman–Crippen MR) is 85.3 cm³/mol. The van der Waals surface area contributed by atoms with E-state index in [9.17, 15) is 4.79 Å². The third-order valence-electron chi connectivity index (χ3n) is 4.95. The second kappa shape index (κ2) is 6.48. The van der Waals surface area contributed by atoms with Gasteiger partial charge in [0.2, 0.25) is 5.91 Å². The first-order valence-electron chi connectivity index (χ1n) is 8.08. The molecule has 2 atom stereocenters. The van der Waals surface area contributed by atoms with Gasteiger partial charge >= 0.3 is 0 Å². The number of hydrogen-bond acceptors (Lipinski definition) is 3. The molecule has 0 spiro atoms. The molecule has 4 nitrogen and oxygen atoms in total. The van der Waals surface area contributed by atoms with Gasteiger partial charge in [0.25, 0.3) is 0 Å². The Balaban J connectivity index is 1.36. The van der Waals surface area contributed by atoms with Crippen molar-refractivity contribution < 1.29 is 4.79 Å². The minimum absolute atomic E-state index is 0.374. The van der Waals surface area contributed by atoms with Gasteiger partial charge in [-0.25, -0.2) is 0 Å². The van der Waals surface area contributed by atoms with Crippen molar-refractivity contribution in [1.82, 2.24) is 4.90 Å². The molecule has 1 aromatic rings. The fraction of sp³-hybridized carbons (Fsp3) is 0.588. The van der Waals surface area contributed by atoms with Crippen LogP contribution in [0.4, 0.5) is 5.69 Å². The van der Waals surface area contributed by atoms with Crippen LogP contribution < -0.4 is 11.1 Å². The van der Waals surface area contributed by atoms with Gasteiger partial charge in [-0.15, -0.1) is 0 Å². The Labute approximate surface area is 126 Å². The van der Waals surface area contributed by atoms with Crippen LogP contribution in [0.25, 0.3) is 0 Å². The van der Waals surface area contributed by atoms with Crippen molar-refractivity contribution in [2.24, 2.45) is 17.6 Å². The number of nitrogens with one attached hydrogen (secondary N) is 1. The molecule has 1 aliphatic carbocycles. The summed E-state index contributed by atoms with van der Waals surface area (Å²) in [4.78, 5) is 13.6. The molecule has 2 aliphatic rings. The molecule has 1 saturated carbocycles. The van der Waals surface area contributed by atoms with Crippen LogP contribution in [0.15, 0.2) is 24.3 Å². The number of benzene rings is 1. The van der Waals surface area contributed by atoms with Crippen molar-refractivity contribution >= 4 is 11.6 Å². The summed E-state index contributed by atoms with van der Waals surface area (Å²) in [6.45, 7) is 4.80. The summed E-state index contributed by atoms with van der Waals surface area (Å²) < 4.78 is 0. The smallest absolute Gasteiger partial charge is 0.248 e. The van der Waals surface area contributed by atoms with Crippen molar-refractivity contribution in [3.63, 3.8) is 0 Å². The standard InChI is InChI=1S/C17H25N3O/c18-17(21)13-5-7-16(8-6-13)19-9-2-10-20-11-14-3-1-4-15(14)12-20/h5-8,14-15,19H,1-4,9-12H2,(H2,18,21). The minimum atomic E-state index is -0.374. The molecule has 1 heterocycles. The second-order valence-corrected chi connectivity index (χ2v) is 6.43. The quantitative estimate of drug-likeness (QED) is 0.789. The van der Waals surface area contributed by atoms with Gasteiger partial charge in [-0.05, 0) is 61.9 Å². The zero-order valence-electron chi connectivity index (χ0n) is 12.6. The number of carbonyl (C=O) groups excluding carboxylic acids is 1. The molecule has 1 amide bonds. The molecule has 114 valence electrons. The fourth-order valence-corrected chi connectivity index (χ4v) is 3.80. The van der Waals surface area contributed by atoms with Gasteiger partial charge in [0, 0.05) is 30.9 Å². The van der Waals surface area contributed by atoms with E-state index >= 15 is 0 Å². The summed E-state index contributed by atoms with van der Waals surface area (Å²) in [6, 6.07) is 7.37. The first kappa shape index (κ1) is 14.4. The molecule has 4 heteroatoms. The number of rotatable bonds is 6. The molecule has 1 aliphatic heterocycles. The summed E-state index contributed by atoms with van der Waals surface area (Å²) in [5, 5.41) is 3.41. The average Bonchev–Trinajstić information content (AvgIpc) is 3.05. The maximum Gasteiger partial charge on any atom is 0.248 e. The number of hydrogen-bond donors (Lipinski definition) is 2. The molecule has 3 rings (SSSR count). The summed E-state index contributed by atoms with van der Waals surface area (Å²) in [5.74, 6) is 1.60. The van der Waals surface area contributed by atoms with E-state index in [2.05, 4.69) is 10.2 Å². The van der Waals surface area contributed by atoms with Crippen LogP contribution in [0.3, 0.4) is 0 Å². The molecule has 0 bridgehead atoms. The maximum absolute atomic E-state index is 11.0. The third kappa shape index (κ3) is 3.56. The van der Waals surface area contributed by atoms with E-state index in [1.54, 1.807) is 12.1 Å². The van der Waals surface area contributed by atoms with Gasteiger partial charge in [-0.1, -0.05) is 6.42 Å². The summed E-state index contributed by atoms with van der Waals surface area (Å²) in [5.41, 5.74) is 6.84. The van der Waals surface area contributed by atoms with E-state index in [-0.39, 0.29) is 5.91 Å². The van der Waals surface area contributed by atoms with E-state index in [1.165, 1.54) is 38.9 Å². The van der Waals surface area contributed by atoms with Crippen LogP contribution in [0.1, 0.15) is 36.0 Å². The summed E-state index contributed by atoms with van der Waals surface area (Å²) in [7, 11) is 0. The zero-order valence-corrected chi connectivity index (χ0v) is 12.6. The first-order valence-corrected chi connectivity index (χ1v) is 8.08. The van der Waals surface area contributed by atoms with Crippen LogP contribution in [-0.4, -0.2) is 37.0 Å². The SMILES string of the molecule is NC(=O)c1ccc(NCCCN2CC3CCCC3C2)cc1. The van der Waals surface area contributed by atoms with E-state index in [1.807, 2.05) is 12.1 Å². The van der Waals surface area contributed by atoms with Crippen LogP contribution in [0.2, 0.25) is 0 Å². The Morgan fingerprint density at radius 3 is 2.48 bits per heavy atom. The maximum atomic E-state index is 11.0. The number of nitrogens with two attached hydrogens (primary N) is 1. The number of carbonyl (C=O) groups is 1. The van der Waals surface area contributed by atoms with Crippen molar-refractivity contribution in [3.8, 4) is 0 Å². The molecule has 3 N–H and O–H groups in total. The average molecular weight is 287 g/mol. The number of primary amides is 1. The summed E-state index contributed by atoms with van der Waals surface area (Å²) in [6.07, 6.45) is 5.51. The van der Waals surface area contributed by atoms with E-state index in [0.717, 1.165) is 30.5 Å². The van der Waals surface area contributed by atoms with Gasteiger partial charge in [0.05, 0.1) is 0 Å². The lowest BCUT2D eigenvalue weighted by molar-refractivity contribution is 0.100. The molecule has 1 saturated heterocycles. The Bertz CT molecular complexity index is 473. The third-order valence-corrected chi connectivity index (χ3v) is 4.95. The van der Waals surface area contributed by atoms with E-state index in [4.69, 9.17) is 5.73 Å². The highest BCUT2D eigenvalue weighted by Crippen LogP contribution is 2.37. The number of nitrogens with zero attached hydrogens (tertiary/aromatic N) is 1. The Kier molecular flexibility index (Phi) is 4.44. The predicted octanol–water partition coefficient (Wildman–Crippen LogP) is 2.32. The van der Waals surface area contributed by atoms with Crippen molar-refractivity contribution in [3.05, 3.63) is 29.8 Å². The highest BCUT2D eigenvalue weighted by atomic mass is 16.1. The summed E-state index contributed by atoms with van der Waals surface area (Å²) >= 11 is 0. The molecule has 0 aromatic heterocycles. The van der Waals surface area contributed by atoms with Gasteiger partial charge in [0.15, 0.2) is 0 Å². The van der Waals surface area contributed by atoms with Gasteiger partial charge < -0.3 is 16.0 Å². The molecule has 21 heavy (non-hydrogen) atoms. The van der Waals surface area contributed by atoms with Gasteiger partial charge in [-0.2, -0.15) is 0 Å². The largest absolute Gasteiger partial charge is 0.385 e. The number of likely N-dealkylation sites (tertiary alicyclic amines) is 1.